The van der Waals surface area contributed by atoms with E-state index in [4.69, 9.17) is 10.5 Å². The van der Waals surface area contributed by atoms with E-state index in [2.05, 4.69) is 15.0 Å². The number of ether oxygens (including phenoxy) is 1. The van der Waals surface area contributed by atoms with Crippen molar-refractivity contribution in [2.45, 2.75) is 57.0 Å². The number of nitrogens with zero attached hydrogens (tertiary/aromatic N) is 1. The van der Waals surface area contributed by atoms with Crippen LogP contribution >= 0.6 is 0 Å². The summed E-state index contributed by atoms with van der Waals surface area (Å²) in [5.41, 5.74) is 6.95. The molecule has 176 valence electrons. The number of benzene rings is 1. The highest BCUT2D eigenvalue weighted by Gasteiger charge is 2.51. The fourth-order valence-electron chi connectivity index (χ4n) is 3.36. The summed E-state index contributed by atoms with van der Waals surface area (Å²) in [4.78, 5) is 4.25. The summed E-state index contributed by atoms with van der Waals surface area (Å²) in [7, 11) is -3.96. The highest BCUT2D eigenvalue weighted by molar-refractivity contribution is 7.90. The normalized spacial score (nSPS) is 20.6. The number of halogens is 3. The van der Waals surface area contributed by atoms with E-state index in [0.29, 0.717) is 11.3 Å². The van der Waals surface area contributed by atoms with Gasteiger partial charge in [-0.3, -0.25) is 0 Å². The minimum atomic E-state index is -3.96. The van der Waals surface area contributed by atoms with Crippen molar-refractivity contribution in [1.29, 1.82) is 0 Å². The molecule has 0 amide bonds. The van der Waals surface area contributed by atoms with Gasteiger partial charge in [-0.15, -0.1) is 0 Å². The molecule has 1 fully saturated rings. The lowest BCUT2D eigenvalue weighted by Crippen LogP contribution is -2.53. The van der Waals surface area contributed by atoms with E-state index in [1.54, 1.807) is 19.1 Å². The first kappa shape index (κ1) is 24.4. The number of aromatic nitrogens is 1. The molecule has 0 unspecified atom stereocenters. The summed E-state index contributed by atoms with van der Waals surface area (Å²) in [6.07, 6.45) is -0.168. The molecule has 1 aliphatic heterocycles. The van der Waals surface area contributed by atoms with Gasteiger partial charge in [0.05, 0.1) is 17.5 Å². The lowest BCUT2D eigenvalue weighted by molar-refractivity contribution is -0.000943. The molecule has 2 aromatic rings. The van der Waals surface area contributed by atoms with Crippen molar-refractivity contribution in [2.75, 3.05) is 6.54 Å². The standard InChI is InChI=1S/C21H27F3N4O3S/c1-12(2)32(29,30)28-19-16(26-11-21(19,23)24)9-14-5-4-6-17(18(14)22)31-20-13(3)7-8-15(10-25)27-20/h4-8,12,16,19,26,28H,9-11,25H2,1-3H3/t16-,19+/m0/s1. The third-order valence-electron chi connectivity index (χ3n) is 5.38. The molecule has 1 aromatic carbocycles. The van der Waals surface area contributed by atoms with Crippen molar-refractivity contribution in [3.63, 3.8) is 0 Å². The molecule has 1 aliphatic rings. The first-order valence-corrected chi connectivity index (χ1v) is 11.7. The van der Waals surface area contributed by atoms with Crippen molar-refractivity contribution < 1.29 is 26.3 Å². The molecule has 4 N–H and O–H groups in total. The first-order chi connectivity index (χ1) is 14.9. The average Bonchev–Trinajstić information content (AvgIpc) is 3.00. The Morgan fingerprint density at radius 3 is 2.69 bits per heavy atom. The number of rotatable bonds is 8. The molecule has 32 heavy (non-hydrogen) atoms. The zero-order chi connectivity index (χ0) is 23.7. The van der Waals surface area contributed by atoms with Crippen LogP contribution < -0.4 is 20.5 Å². The van der Waals surface area contributed by atoms with Crippen LogP contribution in [0.15, 0.2) is 30.3 Å². The van der Waals surface area contributed by atoms with E-state index >= 15 is 4.39 Å². The minimum Gasteiger partial charge on any atom is -0.436 e. The van der Waals surface area contributed by atoms with Crippen molar-refractivity contribution in [2.24, 2.45) is 5.73 Å². The van der Waals surface area contributed by atoms with Gasteiger partial charge in [0.2, 0.25) is 15.9 Å². The molecule has 1 saturated heterocycles. The second-order valence-electron chi connectivity index (χ2n) is 8.10. The molecule has 0 radical (unpaired) electrons. The van der Waals surface area contributed by atoms with E-state index in [-0.39, 0.29) is 30.2 Å². The van der Waals surface area contributed by atoms with Crippen LogP contribution in [0.2, 0.25) is 0 Å². The first-order valence-electron chi connectivity index (χ1n) is 10.2. The Kier molecular flexibility index (Phi) is 7.13. The van der Waals surface area contributed by atoms with Crippen LogP contribution in [-0.4, -0.2) is 43.2 Å². The smallest absolute Gasteiger partial charge is 0.277 e. The summed E-state index contributed by atoms with van der Waals surface area (Å²) in [6.45, 7) is 4.02. The maximum Gasteiger partial charge on any atom is 0.277 e. The Balaban J connectivity index is 1.85. The Morgan fingerprint density at radius 1 is 1.31 bits per heavy atom. The summed E-state index contributed by atoms with van der Waals surface area (Å²) in [5.74, 6) is -3.97. The second kappa shape index (κ2) is 9.34. The molecule has 0 spiro atoms. The number of alkyl halides is 2. The van der Waals surface area contributed by atoms with Crippen LogP contribution in [0.5, 0.6) is 11.6 Å². The summed E-state index contributed by atoms with van der Waals surface area (Å²) >= 11 is 0. The Hall–Kier alpha value is -2.21. The number of aryl methyl sites for hydroxylation is 1. The van der Waals surface area contributed by atoms with Crippen molar-refractivity contribution in [3.8, 4) is 11.6 Å². The molecular formula is C21H27F3N4O3S. The quantitative estimate of drug-likeness (QED) is 0.545. The molecule has 7 nitrogen and oxygen atoms in total. The summed E-state index contributed by atoms with van der Waals surface area (Å²) < 4.78 is 76.1. The number of hydrogen-bond donors (Lipinski definition) is 3. The van der Waals surface area contributed by atoms with E-state index in [0.717, 1.165) is 0 Å². The molecule has 0 aliphatic carbocycles. The minimum absolute atomic E-state index is 0.110. The van der Waals surface area contributed by atoms with Gasteiger partial charge in [0.25, 0.3) is 5.92 Å². The maximum absolute atomic E-state index is 15.2. The third-order valence-corrected chi connectivity index (χ3v) is 7.20. The maximum atomic E-state index is 15.2. The molecule has 2 heterocycles. The zero-order valence-electron chi connectivity index (χ0n) is 18.0. The summed E-state index contributed by atoms with van der Waals surface area (Å²) in [5, 5.41) is 1.74. The van der Waals surface area contributed by atoms with E-state index in [1.165, 1.54) is 32.0 Å². The molecule has 11 heteroatoms. The number of sulfonamides is 1. The second-order valence-corrected chi connectivity index (χ2v) is 10.4. The average molecular weight is 473 g/mol. The Bertz CT molecular complexity index is 1080. The van der Waals surface area contributed by atoms with Gasteiger partial charge in [-0.05, 0) is 44.9 Å². The van der Waals surface area contributed by atoms with Gasteiger partial charge in [-0.2, -0.15) is 0 Å². The van der Waals surface area contributed by atoms with Crippen LogP contribution in [0.25, 0.3) is 0 Å². The van der Waals surface area contributed by atoms with Crippen LogP contribution in [0, 0.1) is 12.7 Å². The summed E-state index contributed by atoms with van der Waals surface area (Å²) in [6, 6.07) is 5.17. The van der Waals surface area contributed by atoms with E-state index in [1.807, 2.05) is 0 Å². The van der Waals surface area contributed by atoms with Gasteiger partial charge in [0, 0.05) is 18.2 Å². The zero-order valence-corrected chi connectivity index (χ0v) is 18.8. The number of pyridine rings is 1. The molecule has 1 aromatic heterocycles. The van der Waals surface area contributed by atoms with Gasteiger partial charge >= 0.3 is 0 Å². The lowest BCUT2D eigenvalue weighted by Gasteiger charge is -2.26. The molecular weight excluding hydrogens is 445 g/mol. The highest BCUT2D eigenvalue weighted by Crippen LogP contribution is 2.32. The SMILES string of the molecule is Cc1ccc(CN)nc1Oc1cccc(C[C@@H]2NCC(F)(F)[C@@H]2NS(=O)(=O)C(C)C)c1F. The van der Waals surface area contributed by atoms with Crippen LogP contribution in [0.3, 0.4) is 0 Å². The van der Waals surface area contributed by atoms with Crippen LogP contribution in [0.1, 0.15) is 30.7 Å². The van der Waals surface area contributed by atoms with Crippen molar-refractivity contribution >= 4 is 10.0 Å². The van der Waals surface area contributed by atoms with Crippen LogP contribution in [0.4, 0.5) is 13.2 Å². The monoisotopic (exact) mass is 472 g/mol. The highest BCUT2D eigenvalue weighted by atomic mass is 32.2. The van der Waals surface area contributed by atoms with Gasteiger partial charge in [-0.25, -0.2) is 31.3 Å². The van der Waals surface area contributed by atoms with Crippen molar-refractivity contribution in [1.82, 2.24) is 15.0 Å². The fraction of sp³-hybridized carbons (Fsp3) is 0.476. The predicted molar refractivity (Wildman–Crippen MR) is 115 cm³/mol. The third kappa shape index (κ3) is 5.22. The topological polar surface area (TPSA) is 106 Å². The molecule has 2 atom stereocenters. The molecule has 0 saturated carbocycles. The lowest BCUT2D eigenvalue weighted by atomic mass is 9.99. The Morgan fingerprint density at radius 2 is 2.03 bits per heavy atom. The van der Waals surface area contributed by atoms with E-state index < -0.39 is 45.6 Å². The number of nitrogens with one attached hydrogen (secondary N) is 2. The van der Waals surface area contributed by atoms with Gasteiger partial charge in [-0.1, -0.05) is 18.2 Å². The fourth-order valence-corrected chi connectivity index (χ4v) is 4.32. The van der Waals surface area contributed by atoms with Gasteiger partial charge < -0.3 is 15.8 Å². The van der Waals surface area contributed by atoms with E-state index in [9.17, 15) is 17.2 Å². The number of nitrogens with two attached hydrogens (primary N) is 1. The molecule has 0 bridgehead atoms. The number of hydrogen-bond acceptors (Lipinski definition) is 6. The predicted octanol–water partition coefficient (Wildman–Crippen LogP) is 2.63. The van der Waals surface area contributed by atoms with Gasteiger partial charge in [0.15, 0.2) is 11.6 Å². The van der Waals surface area contributed by atoms with Gasteiger partial charge in [0.1, 0.15) is 6.04 Å². The van der Waals surface area contributed by atoms with Crippen LogP contribution in [-0.2, 0) is 23.0 Å². The van der Waals surface area contributed by atoms with Crippen molar-refractivity contribution in [3.05, 3.63) is 53.0 Å². The largest absolute Gasteiger partial charge is 0.436 e. The Labute approximate surface area is 185 Å². The molecule has 3 rings (SSSR count).